The van der Waals surface area contributed by atoms with Gasteiger partial charge in [0.25, 0.3) is 5.91 Å². The number of hydrogen-bond acceptors (Lipinski definition) is 4. The topological polar surface area (TPSA) is 92.5 Å². The molecule has 1 saturated carbocycles. The average Bonchev–Trinajstić information content (AvgIpc) is 3.18. The molecular weight excluding hydrogens is 386 g/mol. The smallest absolute Gasteiger partial charge is 0.254 e. The minimum absolute atomic E-state index is 0. The summed E-state index contributed by atoms with van der Waals surface area (Å²) in [6, 6.07) is 6.11. The Kier molecular flexibility index (Phi) is 9.73. The summed E-state index contributed by atoms with van der Waals surface area (Å²) >= 11 is 0. The molecule has 1 aliphatic carbocycles. The Morgan fingerprint density at radius 1 is 1.30 bits per heavy atom. The van der Waals surface area contributed by atoms with Gasteiger partial charge in [-0.05, 0) is 37.3 Å². The van der Waals surface area contributed by atoms with Gasteiger partial charge >= 0.3 is 0 Å². The van der Waals surface area contributed by atoms with Crippen LogP contribution in [0.4, 0.5) is 0 Å². The van der Waals surface area contributed by atoms with Gasteiger partial charge in [0.1, 0.15) is 0 Å². The minimum atomic E-state index is -3.82. The number of nitrogens with two attached hydrogens (primary N) is 1. The number of nitrogens with zero attached hydrogens (tertiary/aromatic N) is 1. The fourth-order valence-electron chi connectivity index (χ4n) is 3.54. The second-order valence-corrected chi connectivity index (χ2v) is 8.77. The number of nitrogens with one attached hydrogen (secondary N) is 1. The standard InChI is InChI=1S/C19H31N3O3S.ClH/c1-3-4-13-22(2)19(23)16-11-7-8-12-18(16)26(24,25)21-17(14-20)15-9-5-6-10-15;/h7-8,11-12,15,17,21H,3-6,9-10,13-14,20H2,1-2H3;1H. The summed E-state index contributed by atoms with van der Waals surface area (Å²) in [4.78, 5) is 14.3. The molecule has 0 heterocycles. The molecular formula is C19H32ClN3O3S. The molecule has 2 rings (SSSR count). The lowest BCUT2D eigenvalue weighted by Gasteiger charge is -2.24. The zero-order valence-electron chi connectivity index (χ0n) is 16.2. The van der Waals surface area contributed by atoms with E-state index >= 15 is 0 Å². The maximum absolute atomic E-state index is 13.0. The maximum atomic E-state index is 13.0. The molecule has 1 amide bonds. The molecule has 154 valence electrons. The van der Waals surface area contributed by atoms with Gasteiger partial charge in [-0.2, -0.15) is 0 Å². The van der Waals surface area contributed by atoms with Crippen LogP contribution in [0.3, 0.4) is 0 Å². The minimum Gasteiger partial charge on any atom is -0.342 e. The van der Waals surface area contributed by atoms with Crippen molar-refractivity contribution in [1.29, 1.82) is 0 Å². The van der Waals surface area contributed by atoms with E-state index in [2.05, 4.69) is 11.6 Å². The second kappa shape index (κ2) is 11.0. The molecule has 1 aliphatic rings. The van der Waals surface area contributed by atoms with Crippen molar-refractivity contribution < 1.29 is 13.2 Å². The molecule has 0 aromatic heterocycles. The Morgan fingerprint density at radius 3 is 2.52 bits per heavy atom. The van der Waals surface area contributed by atoms with Gasteiger partial charge in [0.05, 0.1) is 10.5 Å². The lowest BCUT2D eigenvalue weighted by atomic mass is 9.99. The highest BCUT2D eigenvalue weighted by molar-refractivity contribution is 7.89. The van der Waals surface area contributed by atoms with Crippen molar-refractivity contribution in [1.82, 2.24) is 9.62 Å². The van der Waals surface area contributed by atoms with Gasteiger partial charge in [-0.15, -0.1) is 12.4 Å². The molecule has 1 aromatic rings. The third-order valence-electron chi connectivity index (χ3n) is 5.13. The van der Waals surface area contributed by atoms with Crippen molar-refractivity contribution in [3.05, 3.63) is 29.8 Å². The van der Waals surface area contributed by atoms with Crippen LogP contribution in [0.1, 0.15) is 55.8 Å². The van der Waals surface area contributed by atoms with E-state index in [0.29, 0.717) is 6.54 Å². The van der Waals surface area contributed by atoms with Crippen molar-refractivity contribution in [2.45, 2.75) is 56.4 Å². The van der Waals surface area contributed by atoms with E-state index in [9.17, 15) is 13.2 Å². The summed E-state index contributed by atoms with van der Waals surface area (Å²) in [6.45, 7) is 2.91. The van der Waals surface area contributed by atoms with Gasteiger partial charge in [-0.3, -0.25) is 4.79 Å². The monoisotopic (exact) mass is 417 g/mol. The van der Waals surface area contributed by atoms with Gasteiger partial charge in [0, 0.05) is 26.2 Å². The number of rotatable bonds is 9. The molecule has 8 heteroatoms. The molecule has 27 heavy (non-hydrogen) atoms. The number of carbonyl (C=O) groups is 1. The van der Waals surface area contributed by atoms with Crippen LogP contribution in [-0.4, -0.2) is 45.4 Å². The maximum Gasteiger partial charge on any atom is 0.254 e. The largest absolute Gasteiger partial charge is 0.342 e. The number of hydrogen-bond donors (Lipinski definition) is 2. The number of sulfonamides is 1. The first-order valence-electron chi connectivity index (χ1n) is 9.47. The van der Waals surface area contributed by atoms with E-state index in [4.69, 9.17) is 5.73 Å². The van der Waals surface area contributed by atoms with Crippen LogP contribution in [-0.2, 0) is 10.0 Å². The Hall–Kier alpha value is -1.15. The third-order valence-corrected chi connectivity index (χ3v) is 6.68. The van der Waals surface area contributed by atoms with Crippen LogP contribution in [0.15, 0.2) is 29.2 Å². The average molecular weight is 418 g/mol. The van der Waals surface area contributed by atoms with E-state index in [-0.39, 0.29) is 47.3 Å². The first-order chi connectivity index (χ1) is 12.4. The van der Waals surface area contributed by atoms with Crippen LogP contribution < -0.4 is 10.5 Å². The zero-order valence-corrected chi connectivity index (χ0v) is 17.8. The highest BCUT2D eigenvalue weighted by atomic mass is 35.5. The van der Waals surface area contributed by atoms with Gasteiger partial charge in [0.15, 0.2) is 0 Å². The highest BCUT2D eigenvalue weighted by Crippen LogP contribution is 2.28. The highest BCUT2D eigenvalue weighted by Gasteiger charge is 2.30. The Bertz CT molecular complexity index is 706. The van der Waals surface area contributed by atoms with Crippen molar-refractivity contribution in [2.75, 3.05) is 20.1 Å². The number of amides is 1. The summed E-state index contributed by atoms with van der Waals surface area (Å²) in [5.74, 6) is -0.00513. The van der Waals surface area contributed by atoms with E-state index in [0.717, 1.165) is 38.5 Å². The molecule has 6 nitrogen and oxygen atoms in total. The van der Waals surface area contributed by atoms with Crippen molar-refractivity contribution in [3.63, 3.8) is 0 Å². The van der Waals surface area contributed by atoms with E-state index in [1.807, 2.05) is 0 Å². The van der Waals surface area contributed by atoms with Gasteiger partial charge < -0.3 is 10.6 Å². The summed E-state index contributed by atoms with van der Waals surface area (Å²) < 4.78 is 28.7. The molecule has 1 fully saturated rings. The molecule has 0 bridgehead atoms. The molecule has 0 aliphatic heterocycles. The van der Waals surface area contributed by atoms with Crippen LogP contribution in [0.5, 0.6) is 0 Å². The van der Waals surface area contributed by atoms with E-state index < -0.39 is 10.0 Å². The van der Waals surface area contributed by atoms with Gasteiger partial charge in [-0.1, -0.05) is 38.3 Å². The van der Waals surface area contributed by atoms with Crippen LogP contribution in [0.2, 0.25) is 0 Å². The van der Waals surface area contributed by atoms with Gasteiger partial charge in [0.2, 0.25) is 10.0 Å². The lowest BCUT2D eigenvalue weighted by molar-refractivity contribution is 0.0789. The predicted molar refractivity (Wildman–Crippen MR) is 111 cm³/mol. The quantitative estimate of drug-likeness (QED) is 0.646. The first kappa shape index (κ1) is 23.9. The van der Waals surface area contributed by atoms with Crippen molar-refractivity contribution in [2.24, 2.45) is 11.7 Å². The summed E-state index contributed by atoms with van der Waals surface area (Å²) in [7, 11) is -2.11. The van der Waals surface area contributed by atoms with Crippen LogP contribution >= 0.6 is 12.4 Å². The summed E-state index contributed by atoms with van der Waals surface area (Å²) in [5, 5.41) is 0. The number of benzene rings is 1. The molecule has 3 N–H and O–H groups in total. The second-order valence-electron chi connectivity index (χ2n) is 7.08. The summed E-state index contributed by atoms with van der Waals surface area (Å²) in [5.41, 5.74) is 6.05. The van der Waals surface area contributed by atoms with Crippen molar-refractivity contribution >= 4 is 28.3 Å². The fourth-order valence-corrected chi connectivity index (χ4v) is 5.06. The zero-order chi connectivity index (χ0) is 19.2. The number of unbranched alkanes of at least 4 members (excludes halogenated alkanes) is 1. The molecule has 0 spiro atoms. The van der Waals surface area contributed by atoms with E-state index in [1.54, 1.807) is 30.1 Å². The Balaban J connectivity index is 0.00000364. The van der Waals surface area contributed by atoms with Gasteiger partial charge in [-0.25, -0.2) is 13.1 Å². The molecule has 1 unspecified atom stereocenters. The van der Waals surface area contributed by atoms with Crippen LogP contribution in [0.25, 0.3) is 0 Å². The lowest BCUT2D eigenvalue weighted by Crippen LogP contribution is -2.45. The Morgan fingerprint density at radius 2 is 1.93 bits per heavy atom. The number of halogens is 1. The molecule has 1 aromatic carbocycles. The van der Waals surface area contributed by atoms with Crippen molar-refractivity contribution in [3.8, 4) is 0 Å². The first-order valence-corrected chi connectivity index (χ1v) is 11.0. The van der Waals surface area contributed by atoms with E-state index in [1.165, 1.54) is 6.07 Å². The van der Waals surface area contributed by atoms with Crippen LogP contribution in [0, 0.1) is 5.92 Å². The molecule has 0 radical (unpaired) electrons. The number of carbonyl (C=O) groups excluding carboxylic acids is 1. The fraction of sp³-hybridized carbons (Fsp3) is 0.632. The molecule has 0 saturated heterocycles. The predicted octanol–water partition coefficient (Wildman–Crippen LogP) is 2.78. The third kappa shape index (κ3) is 6.17. The molecule has 1 atom stereocenters. The SMILES string of the molecule is CCCCN(C)C(=O)c1ccccc1S(=O)(=O)NC(CN)C1CCCC1.Cl. The summed E-state index contributed by atoms with van der Waals surface area (Å²) in [6.07, 6.45) is 6.06. The normalized spacial score (nSPS) is 16.0. The Labute approximate surface area is 169 Å².